The molecule has 4 rings (SSSR count). The third-order valence-corrected chi connectivity index (χ3v) is 5.11. The molecule has 1 amide bonds. The summed E-state index contributed by atoms with van der Waals surface area (Å²) < 4.78 is 55.0. The van der Waals surface area contributed by atoms with Crippen molar-refractivity contribution in [3.63, 3.8) is 0 Å². The third-order valence-electron chi connectivity index (χ3n) is 5.11. The van der Waals surface area contributed by atoms with Crippen LogP contribution in [0.5, 0.6) is 0 Å². The van der Waals surface area contributed by atoms with Gasteiger partial charge in [-0.25, -0.2) is 9.18 Å². The average Bonchev–Trinajstić information content (AvgIpc) is 2.86. The van der Waals surface area contributed by atoms with Crippen molar-refractivity contribution in [2.24, 2.45) is 0 Å². The molecule has 12 heteroatoms. The summed E-state index contributed by atoms with van der Waals surface area (Å²) in [5.74, 6) is -1.84. The van der Waals surface area contributed by atoms with Crippen LogP contribution in [-0.2, 0) is 19.3 Å². The monoisotopic (exact) mass is 499 g/mol. The summed E-state index contributed by atoms with van der Waals surface area (Å²) in [5.41, 5.74) is -3.93. The van der Waals surface area contributed by atoms with Crippen LogP contribution in [0.25, 0.3) is 5.69 Å². The molecule has 0 saturated carbocycles. The molecule has 0 atom stereocenters. The van der Waals surface area contributed by atoms with E-state index in [1.54, 1.807) is 18.2 Å². The van der Waals surface area contributed by atoms with E-state index in [1.807, 2.05) is 0 Å². The van der Waals surface area contributed by atoms with Crippen molar-refractivity contribution in [1.82, 2.24) is 24.6 Å². The lowest BCUT2D eigenvalue weighted by Crippen LogP contribution is -2.46. The minimum atomic E-state index is -4.65. The van der Waals surface area contributed by atoms with E-state index in [9.17, 15) is 31.9 Å². The van der Waals surface area contributed by atoms with E-state index in [4.69, 9.17) is 0 Å². The summed E-state index contributed by atoms with van der Waals surface area (Å²) in [6.45, 7) is -0.688. The van der Waals surface area contributed by atoms with Gasteiger partial charge in [-0.15, -0.1) is 0 Å². The van der Waals surface area contributed by atoms with Crippen molar-refractivity contribution in [3.8, 4) is 5.69 Å². The van der Waals surface area contributed by atoms with Gasteiger partial charge in [-0.3, -0.25) is 19.1 Å². The number of nitrogens with zero attached hydrogens (tertiary/aromatic N) is 4. The molecule has 36 heavy (non-hydrogen) atoms. The van der Waals surface area contributed by atoms with Gasteiger partial charge in [0.1, 0.15) is 11.5 Å². The summed E-state index contributed by atoms with van der Waals surface area (Å²) in [6, 6.07) is 14.0. The quantitative estimate of drug-likeness (QED) is 0.412. The highest BCUT2D eigenvalue weighted by molar-refractivity contribution is 5.91. The summed E-state index contributed by atoms with van der Waals surface area (Å²) in [6.07, 6.45) is -3.15. The number of hydrogen-bond acceptors (Lipinski definition) is 5. The van der Waals surface area contributed by atoms with E-state index in [-0.39, 0.29) is 17.8 Å². The summed E-state index contributed by atoms with van der Waals surface area (Å²) >= 11 is 0. The Morgan fingerprint density at radius 3 is 2.42 bits per heavy atom. The normalized spacial score (nSPS) is 11.3. The van der Waals surface area contributed by atoms with Gasteiger partial charge in [0.25, 0.3) is 11.5 Å². The zero-order valence-electron chi connectivity index (χ0n) is 18.4. The minimum Gasteiger partial charge on any atom is -0.345 e. The number of amides is 1. The lowest BCUT2D eigenvalue weighted by atomic mass is 10.1. The van der Waals surface area contributed by atoms with Gasteiger partial charge < -0.3 is 5.32 Å². The molecule has 2 aromatic carbocycles. The van der Waals surface area contributed by atoms with Gasteiger partial charge in [-0.2, -0.15) is 23.0 Å². The zero-order valence-corrected chi connectivity index (χ0v) is 18.4. The molecule has 184 valence electrons. The largest absolute Gasteiger partial charge is 0.416 e. The van der Waals surface area contributed by atoms with Crippen molar-refractivity contribution < 1.29 is 22.4 Å². The second kappa shape index (κ2) is 9.94. The molecule has 1 N–H and O–H groups in total. The van der Waals surface area contributed by atoms with Gasteiger partial charge in [0.15, 0.2) is 0 Å². The number of carbonyl (C=O) groups is 1. The van der Waals surface area contributed by atoms with Gasteiger partial charge in [-0.1, -0.05) is 30.3 Å². The third kappa shape index (κ3) is 5.22. The number of pyridine rings is 1. The van der Waals surface area contributed by atoms with E-state index < -0.39 is 47.0 Å². The summed E-state index contributed by atoms with van der Waals surface area (Å²) in [4.78, 5) is 43.1. The Kier molecular flexibility index (Phi) is 6.77. The molecule has 0 unspecified atom stereocenters. The van der Waals surface area contributed by atoms with E-state index >= 15 is 0 Å². The number of aromatic nitrogens is 4. The smallest absolute Gasteiger partial charge is 0.345 e. The Balaban J connectivity index is 1.81. The number of carbonyl (C=O) groups excluding carboxylic acids is 1. The molecular weight excluding hydrogens is 482 g/mol. The van der Waals surface area contributed by atoms with Crippen LogP contribution < -0.4 is 16.6 Å². The molecule has 0 saturated heterocycles. The van der Waals surface area contributed by atoms with Crippen LogP contribution in [0.2, 0.25) is 0 Å². The number of halogens is 4. The molecule has 0 aliphatic carbocycles. The first-order chi connectivity index (χ1) is 17.1. The van der Waals surface area contributed by atoms with Gasteiger partial charge in [-0.05, 0) is 42.0 Å². The van der Waals surface area contributed by atoms with Crippen molar-refractivity contribution in [3.05, 3.63) is 122 Å². The molecule has 8 nitrogen and oxygen atoms in total. The Bertz CT molecular complexity index is 1530. The van der Waals surface area contributed by atoms with Crippen LogP contribution in [0, 0.1) is 5.82 Å². The Hall–Kier alpha value is -4.61. The van der Waals surface area contributed by atoms with Gasteiger partial charge >= 0.3 is 11.9 Å². The first-order valence-electron chi connectivity index (χ1n) is 10.5. The molecule has 0 aliphatic heterocycles. The highest BCUT2D eigenvalue weighted by atomic mass is 19.4. The molecule has 0 fully saturated rings. The number of hydrogen-bond donors (Lipinski definition) is 1. The van der Waals surface area contributed by atoms with Crippen molar-refractivity contribution in [1.29, 1.82) is 0 Å². The molecule has 4 aromatic rings. The van der Waals surface area contributed by atoms with E-state index in [1.165, 1.54) is 30.5 Å². The van der Waals surface area contributed by atoms with Crippen molar-refractivity contribution in [2.45, 2.75) is 19.3 Å². The highest BCUT2D eigenvalue weighted by Gasteiger charge is 2.30. The number of rotatable bonds is 6. The summed E-state index contributed by atoms with van der Waals surface area (Å²) in [5, 5.41) is 6.25. The molecule has 0 bridgehead atoms. The van der Waals surface area contributed by atoms with Crippen LogP contribution in [0.3, 0.4) is 0 Å². The molecule has 0 spiro atoms. The molecule has 2 heterocycles. The lowest BCUT2D eigenvalue weighted by Gasteiger charge is -2.13. The highest BCUT2D eigenvalue weighted by Crippen LogP contribution is 2.29. The fourth-order valence-corrected chi connectivity index (χ4v) is 3.36. The standard InChI is InChI=1S/C24H17F4N5O3/c25-18-9-1-2-10-19(18)33-23(36)32(14-15-6-5-7-16(12-15)24(26,27)28)22(35)20(31-33)21(34)30-13-17-8-3-4-11-29-17/h1-12H,13-14H2,(H,30,34). The molecule has 0 radical (unpaired) electrons. The molecule has 0 aliphatic rings. The fraction of sp³-hybridized carbons (Fsp3) is 0.125. The van der Waals surface area contributed by atoms with Crippen LogP contribution in [0.15, 0.2) is 82.5 Å². The topological polar surface area (TPSA) is 98.9 Å². The van der Waals surface area contributed by atoms with Crippen LogP contribution in [-0.4, -0.2) is 25.2 Å². The predicted octanol–water partition coefficient (Wildman–Crippen LogP) is 2.93. The Morgan fingerprint density at radius 1 is 0.972 bits per heavy atom. The SMILES string of the molecule is O=C(NCc1ccccn1)c1nn(-c2ccccc2F)c(=O)n(Cc2cccc(C(F)(F)F)c2)c1=O. The number of para-hydroxylation sites is 1. The zero-order chi connectivity index (χ0) is 25.9. The van der Waals surface area contributed by atoms with Gasteiger partial charge in [0, 0.05) is 6.20 Å². The Labute approximate surface area is 200 Å². The van der Waals surface area contributed by atoms with Crippen LogP contribution >= 0.6 is 0 Å². The predicted molar refractivity (Wildman–Crippen MR) is 120 cm³/mol. The molecular formula is C24H17F4N5O3. The minimum absolute atomic E-state index is 0.0323. The maximum absolute atomic E-state index is 14.5. The number of alkyl halides is 3. The van der Waals surface area contributed by atoms with Gasteiger partial charge in [0.05, 0.1) is 24.3 Å². The lowest BCUT2D eigenvalue weighted by molar-refractivity contribution is -0.137. The van der Waals surface area contributed by atoms with E-state index in [2.05, 4.69) is 15.4 Å². The van der Waals surface area contributed by atoms with E-state index in [0.717, 1.165) is 24.3 Å². The first kappa shape index (κ1) is 24.5. The second-order valence-electron chi connectivity index (χ2n) is 7.59. The number of nitrogens with one attached hydrogen (secondary N) is 1. The van der Waals surface area contributed by atoms with Crippen LogP contribution in [0.1, 0.15) is 27.3 Å². The maximum atomic E-state index is 14.5. The van der Waals surface area contributed by atoms with E-state index in [0.29, 0.717) is 14.9 Å². The van der Waals surface area contributed by atoms with Crippen LogP contribution in [0.4, 0.5) is 17.6 Å². The number of benzene rings is 2. The average molecular weight is 499 g/mol. The summed E-state index contributed by atoms with van der Waals surface area (Å²) in [7, 11) is 0. The maximum Gasteiger partial charge on any atom is 0.416 e. The molecule has 2 aromatic heterocycles. The fourth-order valence-electron chi connectivity index (χ4n) is 3.36. The Morgan fingerprint density at radius 2 is 1.72 bits per heavy atom. The van der Waals surface area contributed by atoms with Crippen molar-refractivity contribution >= 4 is 5.91 Å². The van der Waals surface area contributed by atoms with Gasteiger partial charge in [0.2, 0.25) is 5.69 Å². The second-order valence-corrected chi connectivity index (χ2v) is 7.59. The first-order valence-corrected chi connectivity index (χ1v) is 10.5. The van der Waals surface area contributed by atoms with Crippen molar-refractivity contribution in [2.75, 3.05) is 0 Å².